The fourth-order valence-corrected chi connectivity index (χ4v) is 2.28. The molecule has 0 unspecified atom stereocenters. The molecule has 0 saturated heterocycles. The summed E-state index contributed by atoms with van der Waals surface area (Å²) in [6.45, 7) is 4.62. The van der Waals surface area contributed by atoms with Crippen LogP contribution in [0, 0.1) is 0 Å². The third-order valence-corrected chi connectivity index (χ3v) is 3.32. The van der Waals surface area contributed by atoms with Crippen molar-refractivity contribution >= 4 is 16.8 Å². The van der Waals surface area contributed by atoms with Gasteiger partial charge in [-0.2, -0.15) is 0 Å². The number of carbonyl (C=O) groups excluding carboxylic acids is 1. The number of benzene rings is 1. The number of aliphatic hydroxyl groups excluding tert-OH is 1. The molecule has 4 heteroatoms. The Bertz CT molecular complexity index is 591. The van der Waals surface area contributed by atoms with Crippen LogP contribution in [-0.2, 0) is 0 Å². The zero-order valence-electron chi connectivity index (χ0n) is 11.9. The van der Waals surface area contributed by atoms with Gasteiger partial charge in [0.25, 0.3) is 5.91 Å². The van der Waals surface area contributed by atoms with Gasteiger partial charge in [-0.1, -0.05) is 12.1 Å². The van der Waals surface area contributed by atoms with Crippen LogP contribution in [0.2, 0.25) is 0 Å². The van der Waals surface area contributed by atoms with Gasteiger partial charge in [0.05, 0.1) is 5.52 Å². The van der Waals surface area contributed by atoms with E-state index in [0.29, 0.717) is 18.5 Å². The summed E-state index contributed by atoms with van der Waals surface area (Å²) in [4.78, 5) is 18.8. The van der Waals surface area contributed by atoms with Crippen LogP contribution in [0.5, 0.6) is 0 Å². The Morgan fingerprint density at radius 3 is 2.80 bits per heavy atom. The summed E-state index contributed by atoms with van der Waals surface area (Å²) in [6.07, 6.45) is 2.31. The average molecular weight is 272 g/mol. The van der Waals surface area contributed by atoms with Crippen LogP contribution >= 0.6 is 0 Å². The Labute approximate surface area is 119 Å². The van der Waals surface area contributed by atoms with E-state index >= 15 is 0 Å². The molecule has 2 aromatic rings. The first-order chi connectivity index (χ1) is 9.65. The van der Waals surface area contributed by atoms with Crippen molar-refractivity contribution in [2.45, 2.75) is 26.3 Å². The fourth-order valence-electron chi connectivity index (χ4n) is 2.28. The number of pyridine rings is 1. The number of carbonyl (C=O) groups is 1. The Balaban J connectivity index is 2.38. The second-order valence-electron chi connectivity index (χ2n) is 5.05. The van der Waals surface area contributed by atoms with E-state index in [9.17, 15) is 4.79 Å². The van der Waals surface area contributed by atoms with Crippen molar-refractivity contribution in [3.63, 3.8) is 0 Å². The molecule has 0 fully saturated rings. The van der Waals surface area contributed by atoms with Crippen molar-refractivity contribution in [2.75, 3.05) is 13.2 Å². The van der Waals surface area contributed by atoms with Gasteiger partial charge in [0.1, 0.15) is 0 Å². The maximum absolute atomic E-state index is 12.7. The Morgan fingerprint density at radius 1 is 1.30 bits per heavy atom. The van der Waals surface area contributed by atoms with Gasteiger partial charge in [-0.05, 0) is 38.5 Å². The molecule has 0 aliphatic rings. The molecule has 1 heterocycles. The summed E-state index contributed by atoms with van der Waals surface area (Å²) >= 11 is 0. The molecule has 0 radical (unpaired) electrons. The third kappa shape index (κ3) is 2.96. The minimum atomic E-state index is -0.00736. The minimum Gasteiger partial charge on any atom is -0.396 e. The second-order valence-corrected chi connectivity index (χ2v) is 5.05. The zero-order valence-corrected chi connectivity index (χ0v) is 11.9. The van der Waals surface area contributed by atoms with E-state index in [1.807, 2.05) is 44.2 Å². The highest BCUT2D eigenvalue weighted by atomic mass is 16.3. The smallest absolute Gasteiger partial charge is 0.254 e. The van der Waals surface area contributed by atoms with Crippen LogP contribution in [0.15, 0.2) is 36.5 Å². The highest BCUT2D eigenvalue weighted by Crippen LogP contribution is 2.19. The normalized spacial score (nSPS) is 11.0. The van der Waals surface area contributed by atoms with Gasteiger partial charge in [-0.25, -0.2) is 0 Å². The van der Waals surface area contributed by atoms with Crippen molar-refractivity contribution in [2.24, 2.45) is 0 Å². The number of aliphatic hydroxyl groups is 1. The first kappa shape index (κ1) is 14.5. The number of nitrogens with zero attached hydrogens (tertiary/aromatic N) is 2. The highest BCUT2D eigenvalue weighted by molar-refractivity contribution is 6.06. The van der Waals surface area contributed by atoms with Crippen LogP contribution < -0.4 is 0 Å². The number of rotatable bonds is 5. The van der Waals surface area contributed by atoms with Crippen molar-refractivity contribution in [1.29, 1.82) is 0 Å². The molecule has 0 bridgehead atoms. The standard InChI is InChI=1S/C16H20N2O2/c1-12(2)18(10-5-11-19)16(20)14-6-3-8-15-13(14)7-4-9-17-15/h3-4,6-9,12,19H,5,10-11H2,1-2H3. The number of amides is 1. The molecule has 0 spiro atoms. The van der Waals surface area contributed by atoms with Crippen molar-refractivity contribution in [1.82, 2.24) is 9.88 Å². The highest BCUT2D eigenvalue weighted by Gasteiger charge is 2.20. The number of fused-ring (bicyclic) bond motifs is 1. The Hall–Kier alpha value is -1.94. The first-order valence-electron chi connectivity index (χ1n) is 6.90. The summed E-state index contributed by atoms with van der Waals surface area (Å²) in [5.41, 5.74) is 1.49. The van der Waals surface area contributed by atoms with Crippen LogP contribution in [0.25, 0.3) is 10.9 Å². The quantitative estimate of drug-likeness (QED) is 0.909. The van der Waals surface area contributed by atoms with Crippen molar-refractivity contribution < 1.29 is 9.90 Å². The van der Waals surface area contributed by atoms with Crippen molar-refractivity contribution in [3.8, 4) is 0 Å². The molecule has 4 nitrogen and oxygen atoms in total. The van der Waals surface area contributed by atoms with Crippen LogP contribution in [0.3, 0.4) is 0 Å². The van der Waals surface area contributed by atoms with E-state index in [-0.39, 0.29) is 18.6 Å². The summed E-state index contributed by atoms with van der Waals surface area (Å²) < 4.78 is 0. The lowest BCUT2D eigenvalue weighted by Gasteiger charge is -2.27. The topological polar surface area (TPSA) is 53.4 Å². The van der Waals surface area contributed by atoms with E-state index in [4.69, 9.17) is 5.11 Å². The molecule has 1 aromatic heterocycles. The summed E-state index contributed by atoms with van der Waals surface area (Å²) in [5, 5.41) is 9.84. The molecular formula is C16H20N2O2. The lowest BCUT2D eigenvalue weighted by Crippen LogP contribution is -2.38. The van der Waals surface area contributed by atoms with E-state index in [1.54, 1.807) is 11.1 Å². The molecule has 0 aliphatic carbocycles. The molecule has 20 heavy (non-hydrogen) atoms. The molecule has 0 aliphatic heterocycles. The van der Waals surface area contributed by atoms with Gasteiger partial charge < -0.3 is 10.0 Å². The molecule has 1 aromatic carbocycles. The van der Waals surface area contributed by atoms with E-state index < -0.39 is 0 Å². The van der Waals surface area contributed by atoms with Crippen LogP contribution in [-0.4, -0.2) is 40.1 Å². The van der Waals surface area contributed by atoms with E-state index in [2.05, 4.69) is 4.98 Å². The van der Waals surface area contributed by atoms with Crippen LogP contribution in [0.1, 0.15) is 30.6 Å². The van der Waals surface area contributed by atoms with Gasteiger partial charge in [0, 0.05) is 36.3 Å². The summed E-state index contributed by atoms with van der Waals surface area (Å²) in [5.74, 6) is -0.00736. The molecule has 0 atom stereocenters. The van der Waals surface area contributed by atoms with Gasteiger partial charge in [-0.15, -0.1) is 0 Å². The average Bonchev–Trinajstić information content (AvgIpc) is 2.46. The van der Waals surface area contributed by atoms with Gasteiger partial charge in [0.15, 0.2) is 0 Å². The largest absolute Gasteiger partial charge is 0.396 e. The molecular weight excluding hydrogens is 252 g/mol. The monoisotopic (exact) mass is 272 g/mol. The number of hydrogen-bond donors (Lipinski definition) is 1. The zero-order chi connectivity index (χ0) is 14.5. The maximum Gasteiger partial charge on any atom is 0.254 e. The van der Waals surface area contributed by atoms with Crippen molar-refractivity contribution in [3.05, 3.63) is 42.1 Å². The fraction of sp³-hybridized carbons (Fsp3) is 0.375. The Morgan fingerprint density at radius 2 is 2.10 bits per heavy atom. The Kier molecular flexibility index (Phi) is 4.69. The van der Waals surface area contributed by atoms with E-state index in [1.165, 1.54) is 0 Å². The summed E-state index contributed by atoms with van der Waals surface area (Å²) in [6, 6.07) is 9.45. The third-order valence-electron chi connectivity index (χ3n) is 3.32. The predicted octanol–water partition coefficient (Wildman–Crippen LogP) is 2.47. The summed E-state index contributed by atoms with van der Waals surface area (Å²) in [7, 11) is 0. The maximum atomic E-state index is 12.7. The molecule has 1 N–H and O–H groups in total. The molecule has 106 valence electrons. The predicted molar refractivity (Wildman–Crippen MR) is 79.6 cm³/mol. The lowest BCUT2D eigenvalue weighted by molar-refractivity contribution is 0.0695. The lowest BCUT2D eigenvalue weighted by atomic mass is 10.1. The molecule has 0 saturated carbocycles. The van der Waals surface area contributed by atoms with Crippen LogP contribution in [0.4, 0.5) is 0 Å². The van der Waals surface area contributed by atoms with Gasteiger partial charge in [0.2, 0.25) is 0 Å². The second kappa shape index (κ2) is 6.48. The van der Waals surface area contributed by atoms with Gasteiger partial charge in [-0.3, -0.25) is 9.78 Å². The van der Waals surface area contributed by atoms with E-state index in [0.717, 1.165) is 10.9 Å². The minimum absolute atomic E-state index is 0.00736. The number of hydrogen-bond acceptors (Lipinski definition) is 3. The SMILES string of the molecule is CC(C)N(CCCO)C(=O)c1cccc2ncccc12. The first-order valence-corrected chi connectivity index (χ1v) is 6.90. The molecule has 1 amide bonds. The van der Waals surface area contributed by atoms with Gasteiger partial charge >= 0.3 is 0 Å². The number of aromatic nitrogens is 1. The molecule has 2 rings (SSSR count).